The van der Waals surface area contributed by atoms with Crippen molar-refractivity contribution in [2.24, 2.45) is 5.92 Å². The Morgan fingerprint density at radius 2 is 2.36 bits per heavy atom. The number of allylic oxidation sites excluding steroid dienone is 1. The molecule has 0 aromatic carbocycles. The van der Waals surface area contributed by atoms with Gasteiger partial charge in [0.2, 0.25) is 0 Å². The lowest BCUT2D eigenvalue weighted by molar-refractivity contribution is -0.140. The maximum absolute atomic E-state index is 10.6. The van der Waals surface area contributed by atoms with Crippen molar-refractivity contribution in [2.45, 2.75) is 25.1 Å². The molecule has 0 saturated carbocycles. The molecule has 0 aromatic heterocycles. The van der Waals surface area contributed by atoms with Crippen LogP contribution in [0.2, 0.25) is 0 Å². The molecule has 0 spiro atoms. The van der Waals surface area contributed by atoms with Gasteiger partial charge in [-0.3, -0.25) is 4.79 Å². The molecule has 1 rings (SSSR count). The summed E-state index contributed by atoms with van der Waals surface area (Å²) in [6.45, 7) is 1.83. The second-order valence-electron chi connectivity index (χ2n) is 2.89. The summed E-state index contributed by atoms with van der Waals surface area (Å²) in [4.78, 5) is 10.6. The Labute approximate surface area is 70.9 Å². The van der Waals surface area contributed by atoms with Gasteiger partial charge in [0.1, 0.15) is 0 Å². The van der Waals surface area contributed by atoms with Crippen LogP contribution in [0, 0.1) is 5.92 Å². The van der Waals surface area contributed by atoms with Crippen molar-refractivity contribution in [3.63, 3.8) is 0 Å². The van der Waals surface area contributed by atoms with Crippen LogP contribution >= 0.6 is 11.6 Å². The summed E-state index contributed by atoms with van der Waals surface area (Å²) in [6.07, 6.45) is 3.28. The predicted octanol–water partition coefficient (Wildman–Crippen LogP) is 2.03. The van der Waals surface area contributed by atoms with Crippen LogP contribution in [0.15, 0.2) is 11.6 Å². The van der Waals surface area contributed by atoms with E-state index in [2.05, 4.69) is 0 Å². The van der Waals surface area contributed by atoms with Crippen molar-refractivity contribution in [1.29, 1.82) is 0 Å². The molecule has 3 heteroatoms. The van der Waals surface area contributed by atoms with Gasteiger partial charge in [-0.2, -0.15) is 0 Å². The zero-order valence-electron chi connectivity index (χ0n) is 6.38. The average molecular weight is 175 g/mol. The van der Waals surface area contributed by atoms with Gasteiger partial charge in [0, 0.05) is 0 Å². The summed E-state index contributed by atoms with van der Waals surface area (Å²) < 4.78 is 0. The molecule has 0 fully saturated rings. The minimum Gasteiger partial charge on any atom is -0.481 e. The number of rotatable bonds is 1. The Morgan fingerprint density at radius 1 is 1.73 bits per heavy atom. The molecule has 0 unspecified atom stereocenters. The summed E-state index contributed by atoms with van der Waals surface area (Å²) in [6, 6.07) is 0. The molecule has 2 atom stereocenters. The standard InChI is InChI=1S/C8H11ClO2/c1-5-4-6(9)2-3-7(5)8(10)11/h4,6-7H,2-3H2,1H3,(H,10,11)/t6-,7+/m1/s1. The summed E-state index contributed by atoms with van der Waals surface area (Å²) in [5.74, 6) is -1.03. The van der Waals surface area contributed by atoms with Crippen LogP contribution in [-0.4, -0.2) is 16.5 Å². The molecule has 62 valence electrons. The van der Waals surface area contributed by atoms with Crippen molar-refractivity contribution in [3.05, 3.63) is 11.6 Å². The summed E-state index contributed by atoms with van der Waals surface area (Å²) in [7, 11) is 0. The fourth-order valence-corrected chi connectivity index (χ4v) is 1.68. The van der Waals surface area contributed by atoms with Crippen molar-refractivity contribution in [1.82, 2.24) is 0 Å². The summed E-state index contributed by atoms with van der Waals surface area (Å²) in [5.41, 5.74) is 0.892. The largest absolute Gasteiger partial charge is 0.481 e. The highest BCUT2D eigenvalue weighted by Gasteiger charge is 2.24. The van der Waals surface area contributed by atoms with Gasteiger partial charge in [-0.1, -0.05) is 11.6 Å². The molecule has 2 nitrogen and oxygen atoms in total. The highest BCUT2D eigenvalue weighted by molar-refractivity contribution is 6.21. The molecule has 0 saturated heterocycles. The van der Waals surface area contributed by atoms with Crippen LogP contribution in [0.3, 0.4) is 0 Å². The van der Waals surface area contributed by atoms with Crippen LogP contribution in [0.5, 0.6) is 0 Å². The summed E-state index contributed by atoms with van der Waals surface area (Å²) in [5, 5.41) is 8.74. The molecule has 0 aliphatic heterocycles. The van der Waals surface area contributed by atoms with E-state index in [1.54, 1.807) is 0 Å². The molecular formula is C8H11ClO2. The molecule has 11 heavy (non-hydrogen) atoms. The van der Waals surface area contributed by atoms with Gasteiger partial charge in [0.15, 0.2) is 0 Å². The van der Waals surface area contributed by atoms with Crippen LogP contribution in [0.4, 0.5) is 0 Å². The van der Waals surface area contributed by atoms with Crippen LogP contribution in [0.1, 0.15) is 19.8 Å². The van der Waals surface area contributed by atoms with Gasteiger partial charge in [0.05, 0.1) is 11.3 Å². The Kier molecular flexibility index (Phi) is 2.55. The van der Waals surface area contributed by atoms with Crippen LogP contribution in [0.25, 0.3) is 0 Å². The van der Waals surface area contributed by atoms with Gasteiger partial charge in [-0.15, -0.1) is 11.6 Å². The average Bonchev–Trinajstić information content (AvgIpc) is 1.85. The molecule has 0 heterocycles. The second kappa shape index (κ2) is 3.26. The van der Waals surface area contributed by atoms with E-state index in [0.717, 1.165) is 12.0 Å². The molecule has 1 N–H and O–H groups in total. The molecule has 0 amide bonds. The fraction of sp³-hybridized carbons (Fsp3) is 0.625. The van der Waals surface area contributed by atoms with E-state index in [0.29, 0.717) is 6.42 Å². The molecule has 0 bridgehead atoms. The Hall–Kier alpha value is -0.500. The maximum Gasteiger partial charge on any atom is 0.310 e. The first-order chi connectivity index (χ1) is 5.11. The Morgan fingerprint density at radius 3 is 2.82 bits per heavy atom. The van der Waals surface area contributed by atoms with Crippen molar-refractivity contribution in [2.75, 3.05) is 0 Å². The number of aliphatic carboxylic acids is 1. The van der Waals surface area contributed by atoms with E-state index in [9.17, 15) is 4.79 Å². The number of alkyl halides is 1. The lowest BCUT2D eigenvalue weighted by Crippen LogP contribution is -2.20. The van der Waals surface area contributed by atoms with Crippen LogP contribution < -0.4 is 0 Å². The minimum absolute atomic E-state index is 0.0330. The highest BCUT2D eigenvalue weighted by atomic mass is 35.5. The molecule has 0 radical (unpaired) electrons. The zero-order valence-corrected chi connectivity index (χ0v) is 7.14. The number of halogens is 1. The first kappa shape index (κ1) is 8.60. The highest BCUT2D eigenvalue weighted by Crippen LogP contribution is 2.27. The van der Waals surface area contributed by atoms with Gasteiger partial charge in [-0.05, 0) is 19.8 Å². The number of hydrogen-bond acceptors (Lipinski definition) is 1. The summed E-state index contributed by atoms with van der Waals surface area (Å²) >= 11 is 5.81. The lowest BCUT2D eigenvalue weighted by Gasteiger charge is -2.20. The van der Waals surface area contributed by atoms with E-state index in [1.165, 1.54) is 0 Å². The van der Waals surface area contributed by atoms with Crippen molar-refractivity contribution < 1.29 is 9.90 Å². The molecule has 1 aliphatic rings. The quantitative estimate of drug-likeness (QED) is 0.488. The maximum atomic E-state index is 10.6. The van der Waals surface area contributed by atoms with Gasteiger partial charge < -0.3 is 5.11 Å². The third kappa shape index (κ3) is 1.96. The van der Waals surface area contributed by atoms with E-state index < -0.39 is 5.97 Å². The van der Waals surface area contributed by atoms with E-state index in [1.807, 2.05) is 13.0 Å². The van der Waals surface area contributed by atoms with Gasteiger partial charge >= 0.3 is 5.97 Å². The lowest BCUT2D eigenvalue weighted by atomic mass is 9.89. The SMILES string of the molecule is CC1=C[C@H](Cl)CC[C@@H]1C(=O)O. The first-order valence-corrected chi connectivity index (χ1v) is 4.10. The van der Waals surface area contributed by atoms with E-state index in [-0.39, 0.29) is 11.3 Å². The number of hydrogen-bond donors (Lipinski definition) is 1. The van der Waals surface area contributed by atoms with Gasteiger partial charge in [0.25, 0.3) is 0 Å². The molecular weight excluding hydrogens is 164 g/mol. The molecule has 0 aromatic rings. The van der Waals surface area contributed by atoms with E-state index >= 15 is 0 Å². The van der Waals surface area contributed by atoms with Crippen LogP contribution in [-0.2, 0) is 4.79 Å². The van der Waals surface area contributed by atoms with Crippen molar-refractivity contribution in [3.8, 4) is 0 Å². The Balaban J connectivity index is 2.72. The number of carbonyl (C=O) groups is 1. The zero-order chi connectivity index (χ0) is 8.43. The molecule has 1 aliphatic carbocycles. The number of carboxylic acids is 1. The smallest absolute Gasteiger partial charge is 0.310 e. The monoisotopic (exact) mass is 174 g/mol. The third-order valence-electron chi connectivity index (χ3n) is 2.02. The first-order valence-electron chi connectivity index (χ1n) is 3.66. The topological polar surface area (TPSA) is 37.3 Å². The normalized spacial score (nSPS) is 31.3. The van der Waals surface area contributed by atoms with Gasteiger partial charge in [-0.25, -0.2) is 0 Å². The van der Waals surface area contributed by atoms with E-state index in [4.69, 9.17) is 16.7 Å². The minimum atomic E-state index is -0.734. The second-order valence-corrected chi connectivity index (χ2v) is 3.46. The van der Waals surface area contributed by atoms with Crippen molar-refractivity contribution >= 4 is 17.6 Å². The third-order valence-corrected chi connectivity index (χ3v) is 2.37. The predicted molar refractivity (Wildman–Crippen MR) is 43.8 cm³/mol. The number of carboxylic acid groups (broad SMARTS) is 1. The fourth-order valence-electron chi connectivity index (χ4n) is 1.36. The Bertz CT molecular complexity index is 198.